The summed E-state index contributed by atoms with van der Waals surface area (Å²) in [6, 6.07) is 20.5. The van der Waals surface area contributed by atoms with E-state index in [4.69, 9.17) is 11.6 Å². The van der Waals surface area contributed by atoms with E-state index in [1.165, 1.54) is 16.3 Å². The summed E-state index contributed by atoms with van der Waals surface area (Å²) in [4.78, 5) is 14.7. The van der Waals surface area contributed by atoms with Crippen molar-refractivity contribution in [3.63, 3.8) is 0 Å². The Morgan fingerprint density at radius 2 is 1.85 bits per heavy atom. The number of halogens is 2. The second-order valence-electron chi connectivity index (χ2n) is 6.49. The number of fused-ring (bicyclic) bond motifs is 3. The second kappa shape index (κ2) is 6.90. The Kier molecular flexibility index (Phi) is 4.60. The fraction of sp³-hybridized carbons (Fsp3) is 0.136. The van der Waals surface area contributed by atoms with E-state index in [-0.39, 0.29) is 11.8 Å². The van der Waals surface area contributed by atoms with Crippen LogP contribution in [0.5, 0.6) is 0 Å². The van der Waals surface area contributed by atoms with Gasteiger partial charge in [0.05, 0.1) is 6.54 Å². The minimum atomic E-state index is -0.000911. The summed E-state index contributed by atoms with van der Waals surface area (Å²) in [5.74, 6) is 0.0642. The third-order valence-electron chi connectivity index (χ3n) is 4.88. The zero-order valence-corrected chi connectivity index (χ0v) is 16.4. The van der Waals surface area contributed by atoms with Gasteiger partial charge >= 0.3 is 0 Å². The molecule has 0 fully saturated rings. The lowest BCUT2D eigenvalue weighted by Gasteiger charge is -2.35. The van der Waals surface area contributed by atoms with Gasteiger partial charge in [-0.3, -0.25) is 4.79 Å². The molecule has 0 radical (unpaired) electrons. The van der Waals surface area contributed by atoms with Crippen LogP contribution in [0.25, 0.3) is 10.8 Å². The highest BCUT2D eigenvalue weighted by molar-refractivity contribution is 9.10. The molecule has 1 heterocycles. The SMILES string of the molecule is C=C(Cl)CN1C(=O)CC(c2ccccc2Br)c2c1ccc1ccccc21. The highest BCUT2D eigenvalue weighted by Gasteiger charge is 2.34. The van der Waals surface area contributed by atoms with Crippen molar-refractivity contribution in [1.29, 1.82) is 0 Å². The van der Waals surface area contributed by atoms with Crippen molar-refractivity contribution in [2.45, 2.75) is 12.3 Å². The molecule has 0 bridgehead atoms. The van der Waals surface area contributed by atoms with Crippen molar-refractivity contribution in [1.82, 2.24) is 0 Å². The van der Waals surface area contributed by atoms with Crippen molar-refractivity contribution in [2.75, 3.05) is 11.4 Å². The molecule has 26 heavy (non-hydrogen) atoms. The first-order chi connectivity index (χ1) is 12.6. The van der Waals surface area contributed by atoms with Crippen LogP contribution in [0.15, 0.2) is 76.7 Å². The van der Waals surface area contributed by atoms with E-state index in [1.807, 2.05) is 36.4 Å². The van der Waals surface area contributed by atoms with Gasteiger partial charge in [-0.1, -0.05) is 82.6 Å². The van der Waals surface area contributed by atoms with Gasteiger partial charge in [-0.15, -0.1) is 0 Å². The molecule has 0 spiro atoms. The lowest BCUT2D eigenvalue weighted by molar-refractivity contribution is -0.119. The van der Waals surface area contributed by atoms with Crippen molar-refractivity contribution in [3.05, 3.63) is 87.9 Å². The summed E-state index contributed by atoms with van der Waals surface area (Å²) in [6.07, 6.45) is 0.411. The molecule has 4 heteroatoms. The monoisotopic (exact) mass is 425 g/mol. The standard InChI is InChI=1S/C22H17BrClNO/c1-14(24)13-25-20-11-10-15-6-2-3-7-16(15)22(20)18(12-21(25)26)17-8-4-5-9-19(17)23/h2-11,18H,1,12-13H2. The molecule has 1 amide bonds. The van der Waals surface area contributed by atoms with Gasteiger partial charge in [-0.05, 0) is 34.0 Å². The van der Waals surface area contributed by atoms with Crippen LogP contribution in [0.3, 0.4) is 0 Å². The number of hydrogen-bond acceptors (Lipinski definition) is 1. The normalized spacial score (nSPS) is 16.6. The quantitative estimate of drug-likeness (QED) is 0.486. The third-order valence-corrected chi connectivity index (χ3v) is 5.72. The predicted octanol–water partition coefficient (Wildman–Crippen LogP) is 6.22. The first kappa shape index (κ1) is 17.3. The molecule has 0 aliphatic carbocycles. The molecule has 0 saturated carbocycles. The van der Waals surface area contributed by atoms with Gasteiger partial charge in [-0.25, -0.2) is 0 Å². The Labute approximate surface area is 166 Å². The van der Waals surface area contributed by atoms with Gasteiger partial charge < -0.3 is 4.90 Å². The lowest BCUT2D eigenvalue weighted by atomic mass is 9.81. The summed E-state index contributed by atoms with van der Waals surface area (Å²) < 4.78 is 1.02. The van der Waals surface area contributed by atoms with Crippen LogP contribution < -0.4 is 4.90 Å². The van der Waals surface area contributed by atoms with Gasteiger partial charge in [0.25, 0.3) is 0 Å². The average molecular weight is 427 g/mol. The third kappa shape index (κ3) is 2.95. The summed E-state index contributed by atoms with van der Waals surface area (Å²) in [5.41, 5.74) is 3.22. The molecule has 0 saturated heterocycles. The van der Waals surface area contributed by atoms with Crippen LogP contribution in [0.2, 0.25) is 0 Å². The van der Waals surface area contributed by atoms with Crippen LogP contribution >= 0.6 is 27.5 Å². The van der Waals surface area contributed by atoms with E-state index in [2.05, 4.69) is 46.8 Å². The Morgan fingerprint density at radius 1 is 1.12 bits per heavy atom. The van der Waals surface area contributed by atoms with Gasteiger partial charge in [0.15, 0.2) is 0 Å². The van der Waals surface area contributed by atoms with E-state index >= 15 is 0 Å². The number of nitrogens with zero attached hydrogens (tertiary/aromatic N) is 1. The second-order valence-corrected chi connectivity index (χ2v) is 7.88. The first-order valence-corrected chi connectivity index (χ1v) is 9.63. The maximum absolute atomic E-state index is 12.9. The Hall–Kier alpha value is -2.10. The van der Waals surface area contributed by atoms with Crippen LogP contribution in [-0.2, 0) is 4.79 Å². The van der Waals surface area contributed by atoms with E-state index in [0.717, 1.165) is 15.7 Å². The number of carbonyl (C=O) groups is 1. The molecule has 130 valence electrons. The van der Waals surface area contributed by atoms with E-state index in [0.29, 0.717) is 18.0 Å². The highest BCUT2D eigenvalue weighted by Crippen LogP contribution is 2.45. The number of rotatable bonds is 3. The molecule has 1 aliphatic heterocycles. The number of benzene rings is 3. The average Bonchev–Trinajstić information content (AvgIpc) is 2.63. The molecule has 0 N–H and O–H groups in total. The Balaban J connectivity index is 2.00. The van der Waals surface area contributed by atoms with Gasteiger partial charge in [-0.2, -0.15) is 0 Å². The topological polar surface area (TPSA) is 20.3 Å². The van der Waals surface area contributed by atoms with Crippen LogP contribution in [0.4, 0.5) is 5.69 Å². The molecule has 4 rings (SSSR count). The van der Waals surface area contributed by atoms with Crippen LogP contribution in [-0.4, -0.2) is 12.5 Å². The summed E-state index contributed by atoms with van der Waals surface area (Å²) in [5, 5.41) is 2.79. The molecule has 3 aromatic carbocycles. The van der Waals surface area contributed by atoms with Crippen molar-refractivity contribution in [3.8, 4) is 0 Å². The zero-order valence-electron chi connectivity index (χ0n) is 14.1. The van der Waals surface area contributed by atoms with Crippen molar-refractivity contribution in [2.24, 2.45) is 0 Å². The van der Waals surface area contributed by atoms with Gasteiger partial charge in [0.1, 0.15) is 0 Å². The number of amides is 1. The maximum Gasteiger partial charge on any atom is 0.228 e. The smallest absolute Gasteiger partial charge is 0.228 e. The molecule has 2 nitrogen and oxygen atoms in total. The maximum atomic E-state index is 12.9. The van der Waals surface area contributed by atoms with E-state index < -0.39 is 0 Å². The Morgan fingerprint density at radius 3 is 2.62 bits per heavy atom. The van der Waals surface area contributed by atoms with Crippen LogP contribution in [0.1, 0.15) is 23.5 Å². The minimum absolute atomic E-state index is 0.000911. The van der Waals surface area contributed by atoms with Gasteiger partial charge in [0.2, 0.25) is 5.91 Å². The van der Waals surface area contributed by atoms with Gasteiger partial charge in [0, 0.05) is 27.5 Å². The van der Waals surface area contributed by atoms with E-state index in [9.17, 15) is 4.79 Å². The zero-order chi connectivity index (χ0) is 18.3. The fourth-order valence-corrected chi connectivity index (χ4v) is 4.46. The van der Waals surface area contributed by atoms with Crippen LogP contribution in [0, 0.1) is 0 Å². The lowest BCUT2D eigenvalue weighted by Crippen LogP contribution is -2.38. The van der Waals surface area contributed by atoms with Crippen molar-refractivity contribution >= 4 is 49.9 Å². The predicted molar refractivity (Wildman–Crippen MR) is 112 cm³/mol. The number of hydrogen-bond donors (Lipinski definition) is 0. The number of anilines is 1. The summed E-state index contributed by atoms with van der Waals surface area (Å²) in [6.45, 7) is 4.10. The summed E-state index contributed by atoms with van der Waals surface area (Å²) >= 11 is 9.71. The largest absolute Gasteiger partial charge is 0.307 e. The molecular weight excluding hydrogens is 410 g/mol. The molecule has 1 unspecified atom stereocenters. The van der Waals surface area contributed by atoms with Crippen molar-refractivity contribution < 1.29 is 4.79 Å². The number of carbonyl (C=O) groups excluding carboxylic acids is 1. The minimum Gasteiger partial charge on any atom is -0.307 e. The fourth-order valence-electron chi connectivity index (χ4n) is 3.77. The molecule has 1 atom stereocenters. The first-order valence-electron chi connectivity index (χ1n) is 8.46. The molecule has 3 aromatic rings. The molecule has 1 aliphatic rings. The highest BCUT2D eigenvalue weighted by atomic mass is 79.9. The molecule has 0 aromatic heterocycles. The molecular formula is C22H17BrClNO. The summed E-state index contributed by atoms with van der Waals surface area (Å²) in [7, 11) is 0. The Bertz CT molecular complexity index is 1030. The van der Waals surface area contributed by atoms with E-state index in [1.54, 1.807) is 4.90 Å².